The van der Waals surface area contributed by atoms with Gasteiger partial charge in [0.05, 0.1) is 15.6 Å². The number of fused-ring (bicyclic) bond motifs is 3. The summed E-state index contributed by atoms with van der Waals surface area (Å²) in [5.74, 6) is 0.618. The maximum Gasteiger partial charge on any atom is 0.226 e. The van der Waals surface area contributed by atoms with Crippen LogP contribution < -0.4 is 0 Å². The predicted molar refractivity (Wildman–Crippen MR) is 68.1 cm³/mol. The SMILES string of the molecule is Cc1nc2c3cc(Cl)c(Cl)cc3nc(Cl)n2n1. The molecule has 1 aromatic carbocycles. The van der Waals surface area contributed by atoms with E-state index < -0.39 is 0 Å². The van der Waals surface area contributed by atoms with Crippen LogP contribution in [0.1, 0.15) is 5.82 Å². The van der Waals surface area contributed by atoms with E-state index in [0.29, 0.717) is 27.0 Å². The third kappa shape index (κ3) is 1.64. The molecule has 0 aliphatic rings. The van der Waals surface area contributed by atoms with Crippen molar-refractivity contribution in [3.8, 4) is 0 Å². The van der Waals surface area contributed by atoms with Crippen LogP contribution in [0.3, 0.4) is 0 Å². The minimum Gasteiger partial charge on any atom is -0.218 e. The first kappa shape index (κ1) is 11.0. The number of halogens is 3. The lowest BCUT2D eigenvalue weighted by Crippen LogP contribution is -1.95. The number of hydrogen-bond donors (Lipinski definition) is 0. The summed E-state index contributed by atoms with van der Waals surface area (Å²) in [7, 11) is 0. The summed E-state index contributed by atoms with van der Waals surface area (Å²) in [6, 6.07) is 3.38. The number of nitrogens with zero attached hydrogens (tertiary/aromatic N) is 4. The lowest BCUT2D eigenvalue weighted by Gasteiger charge is -2.03. The molecular formula is C10H5Cl3N4. The molecule has 3 rings (SSSR count). The van der Waals surface area contributed by atoms with E-state index in [2.05, 4.69) is 15.1 Å². The molecule has 0 bridgehead atoms. The summed E-state index contributed by atoms with van der Waals surface area (Å²) in [6.45, 7) is 1.78. The van der Waals surface area contributed by atoms with Crippen molar-refractivity contribution in [2.24, 2.45) is 0 Å². The summed E-state index contributed by atoms with van der Waals surface area (Å²) >= 11 is 17.9. The Bertz CT molecular complexity index is 750. The highest BCUT2D eigenvalue weighted by Gasteiger charge is 2.12. The molecule has 0 atom stereocenters. The molecule has 2 aromatic heterocycles. The van der Waals surface area contributed by atoms with Crippen LogP contribution in [0.5, 0.6) is 0 Å². The zero-order chi connectivity index (χ0) is 12.2. The van der Waals surface area contributed by atoms with Gasteiger partial charge in [-0.2, -0.15) is 4.52 Å². The van der Waals surface area contributed by atoms with Gasteiger partial charge < -0.3 is 0 Å². The van der Waals surface area contributed by atoms with Crippen LogP contribution in [-0.2, 0) is 0 Å². The van der Waals surface area contributed by atoms with Crippen molar-refractivity contribution in [3.63, 3.8) is 0 Å². The molecule has 0 radical (unpaired) electrons. The van der Waals surface area contributed by atoms with Gasteiger partial charge in [-0.25, -0.2) is 9.97 Å². The summed E-state index contributed by atoms with van der Waals surface area (Å²) in [4.78, 5) is 8.50. The monoisotopic (exact) mass is 286 g/mol. The van der Waals surface area contributed by atoms with Gasteiger partial charge in [-0.3, -0.25) is 0 Å². The Morgan fingerprint density at radius 3 is 2.53 bits per heavy atom. The molecule has 0 aliphatic heterocycles. The highest BCUT2D eigenvalue weighted by atomic mass is 35.5. The highest BCUT2D eigenvalue weighted by Crippen LogP contribution is 2.29. The number of aryl methyl sites for hydroxylation is 1. The number of aromatic nitrogens is 4. The van der Waals surface area contributed by atoms with Crippen LogP contribution >= 0.6 is 34.8 Å². The molecular weight excluding hydrogens is 282 g/mol. The fourth-order valence-electron chi connectivity index (χ4n) is 1.67. The van der Waals surface area contributed by atoms with Crippen molar-refractivity contribution in [2.75, 3.05) is 0 Å². The zero-order valence-corrected chi connectivity index (χ0v) is 10.8. The smallest absolute Gasteiger partial charge is 0.218 e. The molecule has 0 fully saturated rings. The molecule has 0 saturated heterocycles. The Morgan fingerprint density at radius 2 is 1.76 bits per heavy atom. The van der Waals surface area contributed by atoms with Gasteiger partial charge in [-0.15, -0.1) is 5.10 Å². The van der Waals surface area contributed by atoms with Crippen molar-refractivity contribution in [1.29, 1.82) is 0 Å². The Balaban J connectivity index is 2.58. The van der Waals surface area contributed by atoms with Crippen molar-refractivity contribution in [3.05, 3.63) is 33.3 Å². The van der Waals surface area contributed by atoms with Crippen LogP contribution in [0.15, 0.2) is 12.1 Å². The zero-order valence-electron chi connectivity index (χ0n) is 8.58. The third-order valence-electron chi connectivity index (χ3n) is 2.38. The molecule has 0 unspecified atom stereocenters. The van der Waals surface area contributed by atoms with Gasteiger partial charge in [0.15, 0.2) is 5.65 Å². The van der Waals surface area contributed by atoms with Crippen LogP contribution in [0.25, 0.3) is 16.6 Å². The first-order chi connectivity index (χ1) is 8.06. The number of benzene rings is 1. The lowest BCUT2D eigenvalue weighted by molar-refractivity contribution is 0.909. The average Bonchev–Trinajstić information content (AvgIpc) is 2.64. The summed E-state index contributed by atoms with van der Waals surface area (Å²) in [6.07, 6.45) is 0. The van der Waals surface area contributed by atoms with Gasteiger partial charge in [0.2, 0.25) is 5.28 Å². The third-order valence-corrected chi connectivity index (χ3v) is 3.35. The first-order valence-electron chi connectivity index (χ1n) is 4.74. The molecule has 2 heterocycles. The minimum atomic E-state index is 0.242. The topological polar surface area (TPSA) is 43.1 Å². The molecule has 17 heavy (non-hydrogen) atoms. The fraction of sp³-hybridized carbons (Fsp3) is 0.100. The Morgan fingerprint density at radius 1 is 1.06 bits per heavy atom. The van der Waals surface area contributed by atoms with Gasteiger partial charge in [0.25, 0.3) is 0 Å². The number of hydrogen-bond acceptors (Lipinski definition) is 3. The van der Waals surface area contributed by atoms with E-state index in [4.69, 9.17) is 34.8 Å². The summed E-state index contributed by atoms with van der Waals surface area (Å²) < 4.78 is 1.48. The molecule has 7 heteroatoms. The molecule has 86 valence electrons. The maximum absolute atomic E-state index is 6.01. The van der Waals surface area contributed by atoms with Crippen LogP contribution in [0, 0.1) is 6.92 Å². The van der Waals surface area contributed by atoms with Crippen molar-refractivity contribution < 1.29 is 0 Å². The van der Waals surface area contributed by atoms with Crippen LogP contribution in [0.4, 0.5) is 0 Å². The second-order valence-corrected chi connectivity index (χ2v) is 4.71. The van der Waals surface area contributed by atoms with Crippen molar-refractivity contribution in [2.45, 2.75) is 6.92 Å². The van der Waals surface area contributed by atoms with Crippen molar-refractivity contribution >= 4 is 51.4 Å². The van der Waals surface area contributed by atoms with E-state index in [-0.39, 0.29) is 5.28 Å². The van der Waals surface area contributed by atoms with Gasteiger partial charge >= 0.3 is 0 Å². The van der Waals surface area contributed by atoms with Crippen LogP contribution in [0.2, 0.25) is 15.3 Å². The number of rotatable bonds is 0. The maximum atomic E-state index is 6.01. The van der Waals surface area contributed by atoms with E-state index in [9.17, 15) is 0 Å². The van der Waals surface area contributed by atoms with Crippen LogP contribution in [-0.4, -0.2) is 19.6 Å². The lowest BCUT2D eigenvalue weighted by atomic mass is 10.2. The standard InChI is InChI=1S/C10H5Cl3N4/c1-4-14-9-5-2-6(11)7(12)3-8(5)15-10(13)17(9)16-4/h2-3H,1H3. The van der Waals surface area contributed by atoms with E-state index >= 15 is 0 Å². The van der Waals surface area contributed by atoms with Gasteiger partial charge in [-0.1, -0.05) is 23.2 Å². The Hall–Kier alpha value is -1.10. The molecule has 0 N–H and O–H groups in total. The Kier molecular flexibility index (Phi) is 2.40. The molecule has 4 nitrogen and oxygen atoms in total. The van der Waals surface area contributed by atoms with E-state index in [1.807, 2.05) is 0 Å². The first-order valence-corrected chi connectivity index (χ1v) is 5.87. The van der Waals surface area contributed by atoms with Crippen molar-refractivity contribution in [1.82, 2.24) is 19.6 Å². The van der Waals surface area contributed by atoms with E-state index in [1.165, 1.54) is 4.52 Å². The second kappa shape index (κ2) is 3.70. The Labute approximate surface area is 111 Å². The largest absolute Gasteiger partial charge is 0.226 e. The van der Waals surface area contributed by atoms with Gasteiger partial charge in [0, 0.05) is 5.39 Å². The molecule has 0 amide bonds. The minimum absolute atomic E-state index is 0.242. The molecule has 0 saturated carbocycles. The highest BCUT2D eigenvalue weighted by molar-refractivity contribution is 6.43. The van der Waals surface area contributed by atoms with Gasteiger partial charge in [0.1, 0.15) is 5.82 Å². The van der Waals surface area contributed by atoms with E-state index in [1.54, 1.807) is 19.1 Å². The average molecular weight is 288 g/mol. The summed E-state index contributed by atoms with van der Waals surface area (Å²) in [5, 5.41) is 6.04. The molecule has 0 aliphatic carbocycles. The molecule has 3 aromatic rings. The predicted octanol–water partition coefficient (Wildman–Crippen LogP) is 3.55. The fourth-order valence-corrected chi connectivity index (χ4v) is 2.20. The quantitative estimate of drug-likeness (QED) is 0.594. The molecule has 0 spiro atoms. The summed E-state index contributed by atoms with van der Waals surface area (Å²) in [5.41, 5.74) is 1.26. The normalized spacial score (nSPS) is 11.5. The van der Waals surface area contributed by atoms with E-state index in [0.717, 1.165) is 5.39 Å². The van der Waals surface area contributed by atoms with Gasteiger partial charge in [-0.05, 0) is 30.7 Å². The second-order valence-electron chi connectivity index (χ2n) is 3.56.